The molecular weight excluding hydrogens is 319 g/mol. The monoisotopic (exact) mass is 352 g/mol. The van der Waals surface area contributed by atoms with E-state index in [-0.39, 0.29) is 10.3 Å². The molecule has 24 heavy (non-hydrogen) atoms. The van der Waals surface area contributed by atoms with Crippen LogP contribution in [0.5, 0.6) is 5.75 Å². The Morgan fingerprint density at radius 3 is 2.04 bits per heavy atom. The second kappa shape index (κ2) is 7.19. The molecular formula is C19H33N2O2P. The van der Waals surface area contributed by atoms with E-state index >= 15 is 0 Å². The Balaban J connectivity index is 2.76. The van der Waals surface area contributed by atoms with Crippen LogP contribution in [0.2, 0.25) is 0 Å². The minimum atomic E-state index is -1.90. The zero-order valence-electron chi connectivity index (χ0n) is 16.3. The Labute approximate surface area is 147 Å². The van der Waals surface area contributed by atoms with Crippen LogP contribution in [0.25, 0.3) is 0 Å². The Hall–Kier alpha value is -0.830. The molecule has 1 aliphatic rings. The average molecular weight is 352 g/mol. The number of morpholine rings is 1. The van der Waals surface area contributed by atoms with Crippen LogP contribution in [-0.2, 0) is 4.74 Å². The number of para-hydroxylation sites is 1. The van der Waals surface area contributed by atoms with Gasteiger partial charge in [-0.1, -0.05) is 53.7 Å². The van der Waals surface area contributed by atoms with Crippen molar-refractivity contribution in [2.45, 2.75) is 51.9 Å². The molecule has 1 aromatic carbocycles. The molecule has 4 nitrogen and oxygen atoms in total. The number of hydrogen-bond acceptors (Lipinski definition) is 3. The zero-order valence-corrected chi connectivity index (χ0v) is 17.2. The van der Waals surface area contributed by atoms with E-state index in [2.05, 4.69) is 52.3 Å². The highest BCUT2D eigenvalue weighted by molar-refractivity contribution is 7.67. The molecule has 5 heteroatoms. The molecule has 136 valence electrons. The zero-order chi connectivity index (χ0) is 18.0. The molecule has 1 aliphatic heterocycles. The van der Waals surface area contributed by atoms with Crippen molar-refractivity contribution in [2.75, 3.05) is 33.4 Å². The second-order valence-electron chi connectivity index (χ2n) is 8.28. The lowest BCUT2D eigenvalue weighted by molar-refractivity contribution is 0.0723. The maximum Gasteiger partial charge on any atom is 0.144 e. The molecule has 2 rings (SSSR count). The Bertz CT molecular complexity index is 591. The Kier molecular flexibility index (Phi) is 5.84. The van der Waals surface area contributed by atoms with Crippen LogP contribution in [-0.4, -0.2) is 48.4 Å². The van der Waals surface area contributed by atoms with Gasteiger partial charge in [0.05, 0.1) is 20.3 Å². The van der Waals surface area contributed by atoms with Gasteiger partial charge >= 0.3 is 0 Å². The van der Waals surface area contributed by atoms with Crippen LogP contribution in [0.15, 0.2) is 29.0 Å². The van der Waals surface area contributed by atoms with E-state index < -0.39 is 7.21 Å². The SMILES string of the molecule is COc1ccccc1N=P(N1CCOCC1)(C(C)(C)C)C(C)(C)C. The van der Waals surface area contributed by atoms with E-state index in [0.29, 0.717) is 0 Å². The third kappa shape index (κ3) is 3.56. The standard InChI is InChI=1S/C19H33N2O2P/c1-18(2,3)24(19(4,5)6,21-12-14-23-15-13-21)20-16-10-8-9-11-17(16)22-7/h8-11H,12-15H2,1-7H3. The van der Waals surface area contributed by atoms with Crippen molar-refractivity contribution in [3.63, 3.8) is 0 Å². The minimum Gasteiger partial charge on any atom is -0.494 e. The number of ether oxygens (including phenoxy) is 2. The summed E-state index contributed by atoms with van der Waals surface area (Å²) in [6.45, 7) is 17.5. The van der Waals surface area contributed by atoms with Gasteiger partial charge in [-0.15, -0.1) is 0 Å². The van der Waals surface area contributed by atoms with Gasteiger partial charge in [0.1, 0.15) is 11.4 Å². The van der Waals surface area contributed by atoms with Crippen molar-refractivity contribution in [3.05, 3.63) is 24.3 Å². The molecule has 1 fully saturated rings. The molecule has 0 atom stereocenters. The third-order valence-electron chi connectivity index (χ3n) is 4.61. The van der Waals surface area contributed by atoms with Gasteiger partial charge in [0.2, 0.25) is 0 Å². The lowest BCUT2D eigenvalue weighted by atomic mass is 10.2. The summed E-state index contributed by atoms with van der Waals surface area (Å²) >= 11 is 0. The van der Waals surface area contributed by atoms with Crippen molar-refractivity contribution in [2.24, 2.45) is 4.74 Å². The molecule has 0 N–H and O–H groups in total. The maximum atomic E-state index is 5.63. The van der Waals surface area contributed by atoms with Gasteiger partial charge in [-0.05, 0) is 12.1 Å². The lowest BCUT2D eigenvalue weighted by Gasteiger charge is -2.53. The van der Waals surface area contributed by atoms with Crippen LogP contribution in [0.1, 0.15) is 41.5 Å². The normalized spacial score (nSPS) is 17.6. The van der Waals surface area contributed by atoms with Gasteiger partial charge in [-0.2, -0.15) is 0 Å². The fourth-order valence-corrected chi connectivity index (χ4v) is 9.58. The molecule has 0 saturated carbocycles. The molecule has 1 aromatic rings. The smallest absolute Gasteiger partial charge is 0.144 e. The molecule has 0 spiro atoms. The van der Waals surface area contributed by atoms with E-state index in [1.54, 1.807) is 7.11 Å². The Morgan fingerprint density at radius 2 is 1.54 bits per heavy atom. The molecule has 0 unspecified atom stereocenters. The maximum absolute atomic E-state index is 5.63. The van der Waals surface area contributed by atoms with Gasteiger partial charge in [-0.3, -0.25) is 4.67 Å². The topological polar surface area (TPSA) is 34.1 Å². The fourth-order valence-electron chi connectivity index (χ4n) is 3.93. The first-order chi connectivity index (χ1) is 11.1. The number of methoxy groups -OCH3 is 1. The minimum absolute atomic E-state index is 0.0590. The highest BCUT2D eigenvalue weighted by Crippen LogP contribution is 2.73. The largest absolute Gasteiger partial charge is 0.494 e. The van der Waals surface area contributed by atoms with Crippen molar-refractivity contribution in [1.29, 1.82) is 0 Å². The quantitative estimate of drug-likeness (QED) is 0.686. The molecule has 0 bridgehead atoms. The first-order valence-electron chi connectivity index (χ1n) is 8.72. The fraction of sp³-hybridized carbons (Fsp3) is 0.684. The third-order valence-corrected chi connectivity index (χ3v) is 10.1. The average Bonchev–Trinajstić information content (AvgIpc) is 2.51. The summed E-state index contributed by atoms with van der Waals surface area (Å²) in [5.41, 5.74) is 0.963. The summed E-state index contributed by atoms with van der Waals surface area (Å²) in [5, 5.41) is 0.118. The van der Waals surface area contributed by atoms with Gasteiger partial charge in [0, 0.05) is 30.6 Å². The van der Waals surface area contributed by atoms with Crippen molar-refractivity contribution in [3.8, 4) is 5.75 Å². The summed E-state index contributed by atoms with van der Waals surface area (Å²) in [7, 11) is -0.183. The van der Waals surface area contributed by atoms with E-state index in [1.807, 2.05) is 18.2 Å². The lowest BCUT2D eigenvalue weighted by Crippen LogP contribution is -2.44. The van der Waals surface area contributed by atoms with Crippen LogP contribution in [0.3, 0.4) is 0 Å². The van der Waals surface area contributed by atoms with Crippen LogP contribution in [0.4, 0.5) is 5.69 Å². The molecule has 0 amide bonds. The molecule has 1 saturated heterocycles. The summed E-state index contributed by atoms with van der Waals surface area (Å²) < 4.78 is 19.3. The highest BCUT2D eigenvalue weighted by Gasteiger charge is 2.48. The van der Waals surface area contributed by atoms with E-state index in [9.17, 15) is 0 Å². The van der Waals surface area contributed by atoms with Gasteiger partial charge in [0.25, 0.3) is 0 Å². The van der Waals surface area contributed by atoms with Gasteiger partial charge in [0.15, 0.2) is 0 Å². The summed E-state index contributed by atoms with van der Waals surface area (Å²) in [4.78, 5) is 0. The van der Waals surface area contributed by atoms with Gasteiger partial charge in [-0.25, -0.2) is 4.74 Å². The number of hydrogen-bond donors (Lipinski definition) is 0. The predicted octanol–water partition coefficient (Wildman–Crippen LogP) is 5.37. The predicted molar refractivity (Wildman–Crippen MR) is 104 cm³/mol. The van der Waals surface area contributed by atoms with E-state index in [1.165, 1.54) is 0 Å². The number of nitrogens with zero attached hydrogens (tertiary/aromatic N) is 2. The highest BCUT2D eigenvalue weighted by atomic mass is 31.2. The van der Waals surface area contributed by atoms with Crippen molar-refractivity contribution >= 4 is 12.9 Å². The molecule has 1 heterocycles. The van der Waals surface area contributed by atoms with Crippen LogP contribution in [0, 0.1) is 0 Å². The Morgan fingerprint density at radius 1 is 1.00 bits per heavy atom. The first-order valence-corrected chi connectivity index (χ1v) is 10.4. The van der Waals surface area contributed by atoms with Crippen molar-refractivity contribution in [1.82, 2.24) is 4.67 Å². The van der Waals surface area contributed by atoms with E-state index in [4.69, 9.17) is 14.2 Å². The van der Waals surface area contributed by atoms with E-state index in [0.717, 1.165) is 37.7 Å². The van der Waals surface area contributed by atoms with Crippen LogP contribution < -0.4 is 4.74 Å². The summed E-state index contributed by atoms with van der Waals surface area (Å²) in [5.74, 6) is 0.851. The van der Waals surface area contributed by atoms with Gasteiger partial charge < -0.3 is 9.47 Å². The second-order valence-corrected chi connectivity index (χ2v) is 12.9. The molecule has 0 radical (unpaired) electrons. The number of rotatable bonds is 3. The van der Waals surface area contributed by atoms with Crippen molar-refractivity contribution < 1.29 is 9.47 Å². The first kappa shape index (κ1) is 19.5. The molecule has 0 aromatic heterocycles. The summed E-state index contributed by atoms with van der Waals surface area (Å²) in [6, 6.07) is 8.12. The van der Waals surface area contributed by atoms with Crippen LogP contribution >= 0.6 is 7.21 Å². The molecule has 0 aliphatic carbocycles. The number of benzene rings is 1. The summed E-state index contributed by atoms with van der Waals surface area (Å²) in [6.07, 6.45) is 0.